The van der Waals surface area contributed by atoms with Crippen molar-refractivity contribution in [3.8, 4) is 0 Å². The van der Waals surface area contributed by atoms with Gasteiger partial charge in [0.1, 0.15) is 0 Å². The van der Waals surface area contributed by atoms with Gasteiger partial charge >= 0.3 is 0 Å². The molecule has 0 saturated carbocycles. The Balaban J connectivity index is 2.32. The topological polar surface area (TPSA) is 35.6 Å². The third-order valence-corrected chi connectivity index (χ3v) is 3.80. The molecule has 1 N–H and O–H groups in total. The SMILES string of the molecule is CCC(C)NCC(=O)N1CCN(C(C)(C)C)CC1. The Labute approximate surface area is 112 Å². The highest BCUT2D eigenvalue weighted by Crippen LogP contribution is 2.15. The molecule has 0 spiro atoms. The number of amides is 1. The molecule has 0 aromatic carbocycles. The first kappa shape index (κ1) is 15.4. The van der Waals surface area contributed by atoms with Crippen molar-refractivity contribution >= 4 is 5.91 Å². The lowest BCUT2D eigenvalue weighted by Gasteiger charge is -2.42. The van der Waals surface area contributed by atoms with Crippen LogP contribution in [0.15, 0.2) is 0 Å². The zero-order valence-electron chi connectivity index (χ0n) is 12.6. The summed E-state index contributed by atoms with van der Waals surface area (Å²) in [5.74, 6) is 0.240. The van der Waals surface area contributed by atoms with Crippen LogP contribution in [0.4, 0.5) is 0 Å². The fourth-order valence-corrected chi connectivity index (χ4v) is 2.14. The van der Waals surface area contributed by atoms with E-state index in [-0.39, 0.29) is 11.4 Å². The Morgan fingerprint density at radius 3 is 2.22 bits per heavy atom. The van der Waals surface area contributed by atoms with Crippen LogP contribution < -0.4 is 5.32 Å². The van der Waals surface area contributed by atoms with Crippen molar-refractivity contribution in [1.29, 1.82) is 0 Å². The number of nitrogens with one attached hydrogen (secondary N) is 1. The first-order valence-corrected chi connectivity index (χ1v) is 7.10. The van der Waals surface area contributed by atoms with Gasteiger partial charge in [-0.1, -0.05) is 6.92 Å². The summed E-state index contributed by atoms with van der Waals surface area (Å²) in [6.07, 6.45) is 1.06. The summed E-state index contributed by atoms with van der Waals surface area (Å²) in [4.78, 5) is 16.4. The molecule has 0 aromatic heterocycles. The monoisotopic (exact) mass is 255 g/mol. The molecule has 1 aliphatic heterocycles. The molecule has 106 valence electrons. The van der Waals surface area contributed by atoms with E-state index >= 15 is 0 Å². The van der Waals surface area contributed by atoms with E-state index in [1.165, 1.54) is 0 Å². The fourth-order valence-electron chi connectivity index (χ4n) is 2.14. The van der Waals surface area contributed by atoms with E-state index < -0.39 is 0 Å². The largest absolute Gasteiger partial charge is 0.339 e. The number of hydrogen-bond donors (Lipinski definition) is 1. The van der Waals surface area contributed by atoms with Crippen molar-refractivity contribution in [2.45, 2.75) is 52.6 Å². The number of nitrogens with zero attached hydrogens (tertiary/aromatic N) is 2. The van der Waals surface area contributed by atoms with Crippen LogP contribution in [0.5, 0.6) is 0 Å². The van der Waals surface area contributed by atoms with Crippen molar-refractivity contribution in [3.05, 3.63) is 0 Å². The van der Waals surface area contributed by atoms with E-state index in [1.807, 2.05) is 4.90 Å². The number of piperazine rings is 1. The van der Waals surface area contributed by atoms with E-state index in [1.54, 1.807) is 0 Å². The highest BCUT2D eigenvalue weighted by atomic mass is 16.2. The third kappa shape index (κ3) is 4.58. The van der Waals surface area contributed by atoms with Crippen LogP contribution in [0.2, 0.25) is 0 Å². The van der Waals surface area contributed by atoms with Crippen LogP contribution in [-0.2, 0) is 4.79 Å². The minimum Gasteiger partial charge on any atom is -0.339 e. The summed E-state index contributed by atoms with van der Waals surface area (Å²) in [5, 5.41) is 3.27. The Morgan fingerprint density at radius 2 is 1.78 bits per heavy atom. The molecule has 1 heterocycles. The normalized spacial score (nSPS) is 19.9. The molecule has 1 saturated heterocycles. The maximum atomic E-state index is 12.0. The van der Waals surface area contributed by atoms with Gasteiger partial charge < -0.3 is 10.2 Å². The summed E-state index contributed by atoms with van der Waals surface area (Å²) in [5.41, 5.74) is 0.212. The minimum absolute atomic E-state index is 0.212. The molecule has 18 heavy (non-hydrogen) atoms. The van der Waals surface area contributed by atoms with Gasteiger partial charge in [-0.15, -0.1) is 0 Å². The van der Waals surface area contributed by atoms with Crippen LogP contribution in [0.3, 0.4) is 0 Å². The zero-order chi connectivity index (χ0) is 13.8. The zero-order valence-corrected chi connectivity index (χ0v) is 12.6. The standard InChI is InChI=1S/C14H29N3O/c1-6-12(2)15-11-13(18)16-7-9-17(10-8-16)14(3,4)5/h12,15H,6-11H2,1-5H3. The van der Waals surface area contributed by atoms with Gasteiger partial charge in [-0.25, -0.2) is 0 Å². The summed E-state index contributed by atoms with van der Waals surface area (Å²) in [6.45, 7) is 15.1. The van der Waals surface area contributed by atoms with Crippen LogP contribution in [0.1, 0.15) is 41.0 Å². The molecule has 1 rings (SSSR count). The Kier molecular flexibility index (Phi) is 5.60. The lowest BCUT2D eigenvalue weighted by molar-refractivity contribution is -0.132. The number of carbonyl (C=O) groups excluding carboxylic acids is 1. The molecule has 0 aliphatic carbocycles. The van der Waals surface area contributed by atoms with Crippen LogP contribution in [0, 0.1) is 0 Å². The molecule has 1 aliphatic rings. The second-order valence-electron chi connectivity index (χ2n) is 6.23. The highest BCUT2D eigenvalue weighted by molar-refractivity contribution is 5.78. The second kappa shape index (κ2) is 6.53. The average Bonchev–Trinajstić information content (AvgIpc) is 2.34. The first-order valence-electron chi connectivity index (χ1n) is 7.10. The summed E-state index contributed by atoms with van der Waals surface area (Å²) >= 11 is 0. The highest BCUT2D eigenvalue weighted by Gasteiger charge is 2.27. The maximum Gasteiger partial charge on any atom is 0.236 e. The van der Waals surface area contributed by atoms with Crippen molar-refractivity contribution in [2.24, 2.45) is 0 Å². The molecular weight excluding hydrogens is 226 g/mol. The molecule has 4 heteroatoms. The van der Waals surface area contributed by atoms with E-state index in [4.69, 9.17) is 0 Å². The lowest BCUT2D eigenvalue weighted by atomic mass is 10.0. The van der Waals surface area contributed by atoms with Gasteiger partial charge in [0.25, 0.3) is 0 Å². The molecular formula is C14H29N3O. The van der Waals surface area contributed by atoms with Crippen molar-refractivity contribution in [1.82, 2.24) is 15.1 Å². The lowest BCUT2D eigenvalue weighted by Crippen LogP contribution is -2.56. The molecule has 4 nitrogen and oxygen atoms in total. The summed E-state index contributed by atoms with van der Waals surface area (Å²) < 4.78 is 0. The molecule has 1 atom stereocenters. The van der Waals surface area contributed by atoms with Crippen molar-refractivity contribution < 1.29 is 4.79 Å². The molecule has 0 aromatic rings. The number of rotatable bonds is 4. The third-order valence-electron chi connectivity index (χ3n) is 3.80. The molecule has 0 radical (unpaired) electrons. The van der Waals surface area contributed by atoms with Crippen LogP contribution >= 0.6 is 0 Å². The van der Waals surface area contributed by atoms with Crippen LogP contribution in [0.25, 0.3) is 0 Å². The predicted octanol–water partition coefficient (Wildman–Crippen LogP) is 1.32. The van der Waals surface area contributed by atoms with Gasteiger partial charge in [0.15, 0.2) is 0 Å². The smallest absolute Gasteiger partial charge is 0.236 e. The van der Waals surface area contributed by atoms with Gasteiger partial charge in [0.05, 0.1) is 6.54 Å². The van der Waals surface area contributed by atoms with Crippen molar-refractivity contribution in [2.75, 3.05) is 32.7 Å². The van der Waals surface area contributed by atoms with Gasteiger partial charge in [0.2, 0.25) is 5.91 Å². The average molecular weight is 255 g/mol. The summed E-state index contributed by atoms with van der Waals surface area (Å²) in [6, 6.07) is 0.421. The first-order chi connectivity index (χ1) is 8.34. The minimum atomic E-state index is 0.212. The van der Waals surface area contributed by atoms with Gasteiger partial charge in [-0.3, -0.25) is 9.69 Å². The maximum absolute atomic E-state index is 12.0. The quantitative estimate of drug-likeness (QED) is 0.823. The van der Waals surface area contributed by atoms with Gasteiger partial charge in [-0.05, 0) is 34.1 Å². The summed E-state index contributed by atoms with van der Waals surface area (Å²) in [7, 11) is 0. The number of hydrogen-bond acceptors (Lipinski definition) is 3. The van der Waals surface area contributed by atoms with Crippen LogP contribution in [-0.4, -0.2) is 60.0 Å². The van der Waals surface area contributed by atoms with E-state index in [2.05, 4.69) is 44.8 Å². The van der Waals surface area contributed by atoms with E-state index in [0.29, 0.717) is 12.6 Å². The Morgan fingerprint density at radius 1 is 1.22 bits per heavy atom. The fraction of sp³-hybridized carbons (Fsp3) is 0.929. The van der Waals surface area contributed by atoms with E-state index in [0.717, 1.165) is 32.6 Å². The molecule has 1 fully saturated rings. The molecule has 1 amide bonds. The second-order valence-corrected chi connectivity index (χ2v) is 6.23. The van der Waals surface area contributed by atoms with E-state index in [9.17, 15) is 4.79 Å². The predicted molar refractivity (Wildman–Crippen MR) is 75.7 cm³/mol. The van der Waals surface area contributed by atoms with Gasteiger partial charge in [0, 0.05) is 37.8 Å². The van der Waals surface area contributed by atoms with Crippen molar-refractivity contribution in [3.63, 3.8) is 0 Å². The Bertz CT molecular complexity index is 265. The van der Waals surface area contributed by atoms with Gasteiger partial charge in [-0.2, -0.15) is 0 Å². The number of carbonyl (C=O) groups is 1. The molecule has 1 unspecified atom stereocenters. The Hall–Kier alpha value is -0.610. The molecule has 0 bridgehead atoms.